The third-order valence-electron chi connectivity index (χ3n) is 2.25. The van der Waals surface area contributed by atoms with Gasteiger partial charge in [-0.25, -0.2) is 4.79 Å². The number of rotatable bonds is 5. The molecule has 0 bridgehead atoms. The predicted molar refractivity (Wildman–Crippen MR) is 72.3 cm³/mol. The van der Waals surface area contributed by atoms with E-state index < -0.39 is 0 Å². The van der Waals surface area contributed by atoms with Gasteiger partial charge in [-0.05, 0) is 35.8 Å². The third-order valence-corrected chi connectivity index (χ3v) is 2.25. The topological polar surface area (TPSA) is 26.3 Å². The van der Waals surface area contributed by atoms with Crippen LogP contribution in [0.2, 0.25) is 0 Å². The first-order valence-corrected chi connectivity index (χ1v) is 5.45. The number of esters is 1. The normalized spacial score (nSPS) is 10.2. The molecule has 2 nitrogen and oxygen atoms in total. The minimum atomic E-state index is -0.341. The van der Waals surface area contributed by atoms with Gasteiger partial charge in [-0.15, -0.1) is 0 Å². The van der Waals surface area contributed by atoms with Crippen LogP contribution in [0.15, 0.2) is 37.4 Å². The standard InChI is InChI=1S/C15H16O2/c1-4-12-7-8-13(5-2)14(11-12)9-10-15(16)17-6-3/h4-5,7-11H,1-2,6H2,3H3. The highest BCUT2D eigenvalue weighted by atomic mass is 16.5. The molecule has 0 fully saturated rings. The van der Waals surface area contributed by atoms with Crippen LogP contribution in [-0.4, -0.2) is 12.6 Å². The van der Waals surface area contributed by atoms with Crippen LogP contribution in [0.25, 0.3) is 18.2 Å². The Hall–Kier alpha value is -2.09. The summed E-state index contributed by atoms with van der Waals surface area (Å²) in [6, 6.07) is 5.83. The van der Waals surface area contributed by atoms with Gasteiger partial charge in [-0.1, -0.05) is 37.4 Å². The largest absolute Gasteiger partial charge is 0.463 e. The zero-order valence-corrected chi connectivity index (χ0v) is 9.98. The predicted octanol–water partition coefficient (Wildman–Crippen LogP) is 3.55. The fourth-order valence-electron chi connectivity index (χ4n) is 1.40. The van der Waals surface area contributed by atoms with Crippen molar-refractivity contribution in [1.82, 2.24) is 0 Å². The van der Waals surface area contributed by atoms with E-state index >= 15 is 0 Å². The maximum absolute atomic E-state index is 11.2. The lowest BCUT2D eigenvalue weighted by Gasteiger charge is -2.02. The lowest BCUT2D eigenvalue weighted by Crippen LogP contribution is -1.98. The second-order valence-electron chi connectivity index (χ2n) is 3.38. The molecule has 2 heteroatoms. The van der Waals surface area contributed by atoms with E-state index in [9.17, 15) is 4.79 Å². The minimum absolute atomic E-state index is 0.341. The lowest BCUT2D eigenvalue weighted by molar-refractivity contribution is -0.137. The van der Waals surface area contributed by atoms with Crippen molar-refractivity contribution in [3.63, 3.8) is 0 Å². The Balaban J connectivity index is 2.98. The Labute approximate surface area is 102 Å². The van der Waals surface area contributed by atoms with Crippen LogP contribution >= 0.6 is 0 Å². The van der Waals surface area contributed by atoms with Gasteiger partial charge in [-0.2, -0.15) is 0 Å². The molecular weight excluding hydrogens is 212 g/mol. The summed E-state index contributed by atoms with van der Waals surface area (Å²) >= 11 is 0. The van der Waals surface area contributed by atoms with Gasteiger partial charge in [0.1, 0.15) is 0 Å². The molecule has 0 aliphatic rings. The zero-order valence-electron chi connectivity index (χ0n) is 9.98. The van der Waals surface area contributed by atoms with Crippen LogP contribution in [0.3, 0.4) is 0 Å². The second kappa shape index (κ2) is 6.48. The Kier molecular flexibility index (Phi) is 4.95. The summed E-state index contributed by atoms with van der Waals surface area (Å²) in [6.45, 7) is 9.60. The number of benzene rings is 1. The number of ether oxygens (including phenoxy) is 1. The van der Waals surface area contributed by atoms with E-state index in [2.05, 4.69) is 13.2 Å². The highest BCUT2D eigenvalue weighted by Gasteiger charge is 1.99. The van der Waals surface area contributed by atoms with Crippen molar-refractivity contribution >= 4 is 24.2 Å². The van der Waals surface area contributed by atoms with Crippen LogP contribution in [0.4, 0.5) is 0 Å². The molecule has 0 aliphatic heterocycles. The summed E-state index contributed by atoms with van der Waals surface area (Å²) in [6.07, 6.45) is 6.65. The number of carbonyl (C=O) groups excluding carboxylic acids is 1. The van der Waals surface area contributed by atoms with E-state index in [4.69, 9.17) is 4.74 Å². The summed E-state index contributed by atoms with van der Waals surface area (Å²) < 4.78 is 4.82. The fraction of sp³-hybridized carbons (Fsp3) is 0.133. The molecule has 1 aromatic carbocycles. The van der Waals surface area contributed by atoms with E-state index in [1.807, 2.05) is 18.2 Å². The first-order chi connectivity index (χ1) is 8.21. The Morgan fingerprint density at radius 1 is 1.29 bits per heavy atom. The quantitative estimate of drug-likeness (QED) is 0.569. The molecular formula is C15H16O2. The minimum Gasteiger partial charge on any atom is -0.463 e. The van der Waals surface area contributed by atoms with Crippen LogP contribution in [0.1, 0.15) is 23.6 Å². The summed E-state index contributed by atoms with van der Waals surface area (Å²) in [4.78, 5) is 11.2. The monoisotopic (exact) mass is 228 g/mol. The summed E-state index contributed by atoms with van der Waals surface area (Å²) in [5.74, 6) is -0.341. The molecule has 88 valence electrons. The van der Waals surface area contributed by atoms with Gasteiger partial charge in [-0.3, -0.25) is 0 Å². The zero-order chi connectivity index (χ0) is 12.7. The fourth-order valence-corrected chi connectivity index (χ4v) is 1.40. The third kappa shape index (κ3) is 3.76. The van der Waals surface area contributed by atoms with Gasteiger partial charge in [0, 0.05) is 6.08 Å². The Bertz CT molecular complexity index is 456. The van der Waals surface area contributed by atoms with Gasteiger partial charge in [0.2, 0.25) is 0 Å². The molecule has 0 radical (unpaired) electrons. The average molecular weight is 228 g/mol. The van der Waals surface area contributed by atoms with Crippen molar-refractivity contribution in [1.29, 1.82) is 0 Å². The van der Waals surface area contributed by atoms with Gasteiger partial charge in [0.25, 0.3) is 0 Å². The highest BCUT2D eigenvalue weighted by molar-refractivity contribution is 5.88. The molecule has 0 saturated heterocycles. The molecule has 17 heavy (non-hydrogen) atoms. The van der Waals surface area contributed by atoms with E-state index in [0.717, 1.165) is 16.7 Å². The average Bonchev–Trinajstić information content (AvgIpc) is 2.36. The molecule has 0 saturated carbocycles. The van der Waals surface area contributed by atoms with Crippen LogP contribution in [0.5, 0.6) is 0 Å². The molecule has 0 amide bonds. The smallest absolute Gasteiger partial charge is 0.330 e. The van der Waals surface area contributed by atoms with E-state index in [1.165, 1.54) is 6.08 Å². The van der Waals surface area contributed by atoms with Gasteiger partial charge < -0.3 is 4.74 Å². The van der Waals surface area contributed by atoms with E-state index in [-0.39, 0.29) is 5.97 Å². The first kappa shape index (κ1) is 13.0. The molecule has 0 heterocycles. The first-order valence-electron chi connectivity index (χ1n) is 5.45. The van der Waals surface area contributed by atoms with Crippen molar-refractivity contribution in [2.45, 2.75) is 6.92 Å². The maximum Gasteiger partial charge on any atom is 0.330 e. The van der Waals surface area contributed by atoms with Crippen molar-refractivity contribution in [3.8, 4) is 0 Å². The molecule has 0 N–H and O–H groups in total. The van der Waals surface area contributed by atoms with Crippen LogP contribution < -0.4 is 0 Å². The van der Waals surface area contributed by atoms with Crippen LogP contribution in [0, 0.1) is 0 Å². The molecule has 0 spiro atoms. The van der Waals surface area contributed by atoms with Gasteiger partial charge in [0.15, 0.2) is 0 Å². The van der Waals surface area contributed by atoms with Crippen molar-refractivity contribution in [2.75, 3.05) is 6.61 Å². The van der Waals surface area contributed by atoms with Crippen molar-refractivity contribution in [3.05, 3.63) is 54.1 Å². The van der Waals surface area contributed by atoms with Gasteiger partial charge in [0.05, 0.1) is 6.61 Å². The number of carbonyl (C=O) groups is 1. The molecule has 0 aromatic heterocycles. The Morgan fingerprint density at radius 2 is 2.06 bits per heavy atom. The molecule has 0 unspecified atom stereocenters. The SMILES string of the molecule is C=Cc1ccc(C=C)c(C=CC(=O)OCC)c1. The molecule has 1 rings (SSSR count). The molecule has 1 aromatic rings. The summed E-state index contributed by atoms with van der Waals surface area (Å²) in [7, 11) is 0. The second-order valence-corrected chi connectivity index (χ2v) is 3.38. The highest BCUT2D eigenvalue weighted by Crippen LogP contribution is 2.16. The Morgan fingerprint density at radius 3 is 2.65 bits per heavy atom. The number of hydrogen-bond acceptors (Lipinski definition) is 2. The van der Waals surface area contributed by atoms with E-state index in [1.54, 1.807) is 25.2 Å². The summed E-state index contributed by atoms with van der Waals surface area (Å²) in [5.41, 5.74) is 2.89. The summed E-state index contributed by atoms with van der Waals surface area (Å²) in [5, 5.41) is 0. The van der Waals surface area contributed by atoms with E-state index in [0.29, 0.717) is 6.61 Å². The molecule has 0 aliphatic carbocycles. The number of hydrogen-bond donors (Lipinski definition) is 0. The maximum atomic E-state index is 11.2. The van der Waals surface area contributed by atoms with Gasteiger partial charge >= 0.3 is 5.97 Å². The van der Waals surface area contributed by atoms with Crippen molar-refractivity contribution < 1.29 is 9.53 Å². The van der Waals surface area contributed by atoms with Crippen LogP contribution in [-0.2, 0) is 9.53 Å². The lowest BCUT2D eigenvalue weighted by atomic mass is 10.0. The molecule has 0 atom stereocenters. The van der Waals surface area contributed by atoms with Crippen molar-refractivity contribution in [2.24, 2.45) is 0 Å².